The maximum atomic E-state index is 12.6. The summed E-state index contributed by atoms with van der Waals surface area (Å²) in [7, 11) is 0. The van der Waals surface area contributed by atoms with Crippen LogP contribution in [0.15, 0.2) is 12.1 Å². The Hall–Kier alpha value is -0.600. The lowest BCUT2D eigenvalue weighted by Crippen LogP contribution is -1.91. The molecule has 0 aliphatic carbocycles. The first-order valence-electron chi connectivity index (χ1n) is 3.20. The first-order chi connectivity index (χ1) is 5.15. The van der Waals surface area contributed by atoms with E-state index in [0.29, 0.717) is 11.1 Å². The Bertz CT molecular complexity index is 250. The molecule has 1 nitrogen and oxygen atoms in total. The third-order valence-electron chi connectivity index (χ3n) is 1.54. The van der Waals surface area contributed by atoms with Crippen LogP contribution in [-0.4, -0.2) is 5.11 Å². The van der Waals surface area contributed by atoms with Gasteiger partial charge in [0.05, 0.1) is 6.61 Å². The molecule has 0 aliphatic heterocycles. The average Bonchev–Trinajstić information content (AvgIpc) is 1.85. The molecule has 0 heterocycles. The predicted octanol–water partition coefficient (Wildman–Crippen LogP) is 2.28. The van der Waals surface area contributed by atoms with Crippen LogP contribution in [0.1, 0.15) is 11.1 Å². The van der Waals surface area contributed by atoms with Gasteiger partial charge in [-0.2, -0.15) is 0 Å². The minimum atomic E-state index is -0.371. The molecule has 0 spiro atoms. The Morgan fingerprint density at radius 1 is 1.55 bits per heavy atom. The number of benzene rings is 1. The topological polar surface area (TPSA) is 20.2 Å². The van der Waals surface area contributed by atoms with Gasteiger partial charge in [-0.1, -0.05) is 11.6 Å². The second-order valence-electron chi connectivity index (χ2n) is 2.34. The molecule has 0 saturated heterocycles. The summed E-state index contributed by atoms with van der Waals surface area (Å²) >= 11 is 5.63. The summed E-state index contributed by atoms with van der Waals surface area (Å²) in [4.78, 5) is 0. The van der Waals surface area contributed by atoms with Gasteiger partial charge in [0.2, 0.25) is 0 Å². The van der Waals surface area contributed by atoms with Crippen molar-refractivity contribution in [2.75, 3.05) is 0 Å². The fourth-order valence-corrected chi connectivity index (χ4v) is 1.25. The van der Waals surface area contributed by atoms with Crippen molar-refractivity contribution in [1.29, 1.82) is 0 Å². The molecule has 11 heavy (non-hydrogen) atoms. The quantitative estimate of drug-likeness (QED) is 0.693. The van der Waals surface area contributed by atoms with Crippen LogP contribution in [0.3, 0.4) is 0 Å². The third-order valence-corrected chi connectivity index (χ3v) is 1.88. The number of aliphatic hydroxyl groups excluding tert-OH is 1. The second-order valence-corrected chi connectivity index (χ2v) is 2.75. The van der Waals surface area contributed by atoms with Crippen molar-refractivity contribution < 1.29 is 9.50 Å². The third kappa shape index (κ3) is 1.70. The fraction of sp³-hybridized carbons (Fsp3) is 0.250. The molecule has 0 radical (unpaired) electrons. The molecule has 0 fully saturated rings. The van der Waals surface area contributed by atoms with E-state index < -0.39 is 0 Å². The summed E-state index contributed by atoms with van der Waals surface area (Å²) < 4.78 is 12.6. The van der Waals surface area contributed by atoms with Crippen LogP contribution in [0.4, 0.5) is 4.39 Å². The summed E-state index contributed by atoms with van der Waals surface area (Å²) in [5, 5.41) is 9.07. The van der Waals surface area contributed by atoms with Crippen molar-refractivity contribution in [1.82, 2.24) is 0 Å². The van der Waals surface area contributed by atoms with Crippen molar-refractivity contribution in [3.05, 3.63) is 34.1 Å². The molecule has 0 unspecified atom stereocenters. The van der Waals surface area contributed by atoms with Gasteiger partial charge in [0.25, 0.3) is 0 Å². The zero-order valence-electron chi connectivity index (χ0n) is 6.06. The van der Waals surface area contributed by atoms with Crippen molar-refractivity contribution in [2.24, 2.45) is 0 Å². The van der Waals surface area contributed by atoms with Gasteiger partial charge in [-0.25, -0.2) is 4.39 Å². The summed E-state index contributed by atoms with van der Waals surface area (Å²) in [6.45, 7) is 1.56. The normalized spacial score (nSPS) is 10.2. The van der Waals surface area contributed by atoms with E-state index in [1.807, 2.05) is 0 Å². The molecular formula is C8H8ClFO. The van der Waals surface area contributed by atoms with E-state index in [1.54, 1.807) is 6.92 Å². The lowest BCUT2D eigenvalue weighted by atomic mass is 10.1. The van der Waals surface area contributed by atoms with E-state index in [-0.39, 0.29) is 17.4 Å². The zero-order valence-corrected chi connectivity index (χ0v) is 6.82. The molecule has 0 aliphatic rings. The van der Waals surface area contributed by atoms with Crippen LogP contribution in [0.5, 0.6) is 0 Å². The molecule has 0 amide bonds. The lowest BCUT2D eigenvalue weighted by Gasteiger charge is -2.03. The summed E-state index contributed by atoms with van der Waals surface area (Å²) in [5.41, 5.74) is 1.27. The molecule has 1 N–H and O–H groups in total. The van der Waals surface area contributed by atoms with E-state index in [1.165, 1.54) is 12.1 Å². The number of rotatable bonds is 1. The highest BCUT2D eigenvalue weighted by Crippen LogP contribution is 2.20. The Balaban J connectivity index is 3.25. The largest absolute Gasteiger partial charge is 0.392 e. The lowest BCUT2D eigenvalue weighted by molar-refractivity contribution is 0.281. The van der Waals surface area contributed by atoms with Gasteiger partial charge in [0, 0.05) is 5.02 Å². The van der Waals surface area contributed by atoms with E-state index in [2.05, 4.69) is 0 Å². The molecule has 3 heteroatoms. The van der Waals surface area contributed by atoms with Gasteiger partial charge in [-0.05, 0) is 30.2 Å². The Morgan fingerprint density at radius 3 is 2.64 bits per heavy atom. The smallest absolute Gasteiger partial charge is 0.124 e. The summed E-state index contributed by atoms with van der Waals surface area (Å²) in [5.74, 6) is -0.371. The van der Waals surface area contributed by atoms with Crippen molar-refractivity contribution >= 4 is 11.6 Å². The highest BCUT2D eigenvalue weighted by molar-refractivity contribution is 6.31. The average molecular weight is 175 g/mol. The molecule has 0 saturated carbocycles. The standard InChI is InChI=1S/C8H8ClFO/c1-5-2-6(10)3-8(9)7(5)4-11/h2-3,11H,4H2,1H3. The summed E-state index contributed by atoms with van der Waals surface area (Å²) in [6.07, 6.45) is 0. The van der Waals surface area contributed by atoms with Gasteiger partial charge in [0.1, 0.15) is 5.82 Å². The van der Waals surface area contributed by atoms with Gasteiger partial charge < -0.3 is 5.11 Å². The Morgan fingerprint density at radius 2 is 2.18 bits per heavy atom. The zero-order chi connectivity index (χ0) is 8.43. The van der Waals surface area contributed by atoms with Crippen LogP contribution < -0.4 is 0 Å². The minimum absolute atomic E-state index is 0.148. The van der Waals surface area contributed by atoms with Crippen molar-refractivity contribution in [2.45, 2.75) is 13.5 Å². The first-order valence-corrected chi connectivity index (χ1v) is 3.58. The van der Waals surface area contributed by atoms with Gasteiger partial charge >= 0.3 is 0 Å². The fourth-order valence-electron chi connectivity index (χ4n) is 0.932. The molecule has 1 aromatic rings. The number of aryl methyl sites for hydroxylation is 1. The summed E-state index contributed by atoms with van der Waals surface area (Å²) in [6, 6.07) is 2.54. The Labute approximate surface area is 69.4 Å². The maximum Gasteiger partial charge on any atom is 0.124 e. The Kier molecular flexibility index (Phi) is 2.47. The van der Waals surface area contributed by atoms with Crippen LogP contribution in [0, 0.1) is 12.7 Å². The number of hydrogen-bond donors (Lipinski definition) is 1. The highest BCUT2D eigenvalue weighted by Gasteiger charge is 2.04. The van der Waals surface area contributed by atoms with Gasteiger partial charge in [0.15, 0.2) is 0 Å². The number of halogens is 2. The van der Waals surface area contributed by atoms with E-state index >= 15 is 0 Å². The van der Waals surface area contributed by atoms with Crippen molar-refractivity contribution in [3.63, 3.8) is 0 Å². The minimum Gasteiger partial charge on any atom is -0.392 e. The molecule has 0 atom stereocenters. The maximum absolute atomic E-state index is 12.6. The molecule has 0 bridgehead atoms. The van der Waals surface area contributed by atoms with E-state index in [9.17, 15) is 4.39 Å². The van der Waals surface area contributed by atoms with Crippen LogP contribution in [0.25, 0.3) is 0 Å². The predicted molar refractivity (Wildman–Crippen MR) is 42.1 cm³/mol. The van der Waals surface area contributed by atoms with Crippen LogP contribution in [0.2, 0.25) is 5.02 Å². The van der Waals surface area contributed by atoms with E-state index in [4.69, 9.17) is 16.7 Å². The SMILES string of the molecule is Cc1cc(F)cc(Cl)c1CO. The van der Waals surface area contributed by atoms with E-state index in [0.717, 1.165) is 0 Å². The van der Waals surface area contributed by atoms with Crippen LogP contribution in [-0.2, 0) is 6.61 Å². The van der Waals surface area contributed by atoms with Crippen molar-refractivity contribution in [3.8, 4) is 0 Å². The number of aliphatic hydroxyl groups is 1. The first kappa shape index (κ1) is 8.50. The van der Waals surface area contributed by atoms with Crippen LogP contribution >= 0.6 is 11.6 Å². The molecular weight excluding hydrogens is 167 g/mol. The van der Waals surface area contributed by atoms with Gasteiger partial charge in [-0.3, -0.25) is 0 Å². The second kappa shape index (κ2) is 3.20. The molecule has 60 valence electrons. The molecule has 0 aromatic heterocycles. The molecule has 1 rings (SSSR count). The van der Waals surface area contributed by atoms with Gasteiger partial charge in [-0.15, -0.1) is 0 Å². The number of hydrogen-bond acceptors (Lipinski definition) is 1. The monoisotopic (exact) mass is 174 g/mol. The molecule has 1 aromatic carbocycles. The highest BCUT2D eigenvalue weighted by atomic mass is 35.5.